The first kappa shape index (κ1) is 18.1. The maximum absolute atomic E-state index is 4.58. The van der Waals surface area contributed by atoms with E-state index in [4.69, 9.17) is 0 Å². The Morgan fingerprint density at radius 2 is 1.73 bits per heavy atom. The molecule has 1 heterocycles. The molecule has 1 aliphatic rings. The molecule has 0 bridgehead atoms. The lowest BCUT2D eigenvalue weighted by Crippen LogP contribution is -2.22. The van der Waals surface area contributed by atoms with Crippen LogP contribution in [0.2, 0.25) is 0 Å². The lowest BCUT2D eigenvalue weighted by Gasteiger charge is -2.21. The Morgan fingerprint density at radius 1 is 1.04 bits per heavy atom. The zero-order chi connectivity index (χ0) is 18.4. The van der Waals surface area contributed by atoms with Crippen LogP contribution in [0, 0.1) is 0 Å². The molecule has 3 rings (SSSR count). The lowest BCUT2D eigenvalue weighted by atomic mass is 10.2. The van der Waals surface area contributed by atoms with Gasteiger partial charge in [-0.05, 0) is 49.2 Å². The van der Waals surface area contributed by atoms with Crippen molar-refractivity contribution in [3.05, 3.63) is 48.5 Å². The summed E-state index contributed by atoms with van der Waals surface area (Å²) >= 11 is 0. The number of para-hydroxylation sites is 2. The number of nitrogens with zero attached hydrogens (tertiary/aromatic N) is 4. The fourth-order valence-corrected chi connectivity index (χ4v) is 3.32. The summed E-state index contributed by atoms with van der Waals surface area (Å²) in [6.07, 6.45) is 4.55. The molecule has 0 aliphatic carbocycles. The molecule has 0 spiro atoms. The Labute approximate surface area is 156 Å². The number of rotatable bonds is 7. The molecule has 0 unspecified atom stereocenters. The first-order valence-electron chi connectivity index (χ1n) is 9.28. The van der Waals surface area contributed by atoms with Gasteiger partial charge in [0.15, 0.2) is 0 Å². The molecule has 1 saturated heterocycles. The molecule has 1 fully saturated rings. The third kappa shape index (κ3) is 4.28. The molecule has 1 N–H and O–H groups in total. The van der Waals surface area contributed by atoms with Gasteiger partial charge in [-0.3, -0.25) is 5.01 Å². The molecule has 2 aromatic rings. The summed E-state index contributed by atoms with van der Waals surface area (Å²) in [7, 11) is 6.01. The molecule has 5 nitrogen and oxygen atoms in total. The minimum absolute atomic E-state index is 0.745. The summed E-state index contributed by atoms with van der Waals surface area (Å²) < 4.78 is 0. The van der Waals surface area contributed by atoms with Gasteiger partial charge in [0.2, 0.25) is 0 Å². The monoisotopic (exact) mass is 351 g/mol. The average molecular weight is 351 g/mol. The van der Waals surface area contributed by atoms with E-state index in [-0.39, 0.29) is 0 Å². The largest absolute Gasteiger partial charge is 0.386 e. The van der Waals surface area contributed by atoms with E-state index < -0.39 is 0 Å². The van der Waals surface area contributed by atoms with Crippen LogP contribution in [0.4, 0.5) is 22.7 Å². The fraction of sp³-hybridized carbons (Fsp3) is 0.381. The molecule has 0 amide bonds. The lowest BCUT2D eigenvalue weighted by molar-refractivity contribution is 0.949. The number of hydrazone groups is 1. The van der Waals surface area contributed by atoms with Crippen LogP contribution in [0.3, 0.4) is 0 Å². The van der Waals surface area contributed by atoms with Crippen LogP contribution in [0.5, 0.6) is 0 Å². The molecular weight excluding hydrogens is 322 g/mol. The molecule has 0 atom stereocenters. The highest BCUT2D eigenvalue weighted by molar-refractivity contribution is 5.74. The highest BCUT2D eigenvalue weighted by Crippen LogP contribution is 2.24. The zero-order valence-electron chi connectivity index (χ0n) is 16.0. The quantitative estimate of drug-likeness (QED) is 0.606. The van der Waals surface area contributed by atoms with Crippen LogP contribution in [-0.4, -0.2) is 47.0 Å². The third-order valence-corrected chi connectivity index (χ3v) is 4.89. The van der Waals surface area contributed by atoms with Gasteiger partial charge in [0.25, 0.3) is 0 Å². The summed E-state index contributed by atoms with van der Waals surface area (Å²) in [4.78, 5) is 4.63. The topological polar surface area (TPSA) is 34.1 Å². The van der Waals surface area contributed by atoms with E-state index >= 15 is 0 Å². The van der Waals surface area contributed by atoms with Gasteiger partial charge in [0.05, 0.1) is 23.6 Å². The van der Waals surface area contributed by atoms with Crippen LogP contribution >= 0.6 is 0 Å². The van der Waals surface area contributed by atoms with Gasteiger partial charge in [0.1, 0.15) is 0 Å². The second kappa shape index (κ2) is 8.61. The molecule has 5 heteroatoms. The van der Waals surface area contributed by atoms with Crippen molar-refractivity contribution < 1.29 is 0 Å². The average Bonchev–Trinajstić information content (AvgIpc) is 3.22. The maximum atomic E-state index is 4.58. The predicted octanol–water partition coefficient (Wildman–Crippen LogP) is 3.89. The third-order valence-electron chi connectivity index (χ3n) is 4.89. The highest BCUT2D eigenvalue weighted by Gasteiger charge is 2.12. The van der Waals surface area contributed by atoms with E-state index in [2.05, 4.69) is 69.7 Å². The predicted molar refractivity (Wildman–Crippen MR) is 114 cm³/mol. The zero-order valence-corrected chi connectivity index (χ0v) is 16.0. The number of anilines is 4. The SMILES string of the molecule is CNc1ccccc1N(C)C/C=N/N(C)c1ccc(N2CCCC2)cc1. The summed E-state index contributed by atoms with van der Waals surface area (Å²) in [5, 5.41) is 9.73. The summed E-state index contributed by atoms with van der Waals surface area (Å²) in [5.74, 6) is 0. The van der Waals surface area contributed by atoms with Crippen LogP contribution in [-0.2, 0) is 0 Å². The molecule has 0 saturated carbocycles. The minimum Gasteiger partial charge on any atom is -0.386 e. The number of hydrogen-bond acceptors (Lipinski definition) is 5. The van der Waals surface area contributed by atoms with Crippen LogP contribution < -0.4 is 20.1 Å². The first-order chi connectivity index (χ1) is 12.7. The van der Waals surface area contributed by atoms with Crippen molar-refractivity contribution in [2.24, 2.45) is 5.10 Å². The Balaban J connectivity index is 1.57. The van der Waals surface area contributed by atoms with E-state index in [0.29, 0.717) is 0 Å². The maximum Gasteiger partial charge on any atom is 0.0602 e. The van der Waals surface area contributed by atoms with E-state index in [0.717, 1.165) is 17.9 Å². The summed E-state index contributed by atoms with van der Waals surface area (Å²) in [6.45, 7) is 3.09. The normalized spacial score (nSPS) is 14.0. The van der Waals surface area contributed by atoms with Crippen molar-refractivity contribution in [2.45, 2.75) is 12.8 Å². The van der Waals surface area contributed by atoms with Gasteiger partial charge in [-0.25, -0.2) is 0 Å². The molecule has 26 heavy (non-hydrogen) atoms. The van der Waals surface area contributed by atoms with Crippen LogP contribution in [0.1, 0.15) is 12.8 Å². The minimum atomic E-state index is 0.745. The van der Waals surface area contributed by atoms with E-state index in [1.54, 1.807) is 0 Å². The summed E-state index contributed by atoms with van der Waals surface area (Å²) in [5.41, 5.74) is 4.70. The molecular formula is C21H29N5. The molecule has 0 radical (unpaired) electrons. The van der Waals surface area contributed by atoms with Crippen molar-refractivity contribution in [1.29, 1.82) is 0 Å². The number of hydrogen-bond donors (Lipinski definition) is 1. The fourth-order valence-electron chi connectivity index (χ4n) is 3.32. The Hall–Kier alpha value is -2.69. The number of benzene rings is 2. The van der Waals surface area contributed by atoms with Gasteiger partial charge >= 0.3 is 0 Å². The molecule has 2 aromatic carbocycles. The van der Waals surface area contributed by atoms with Crippen molar-refractivity contribution in [1.82, 2.24) is 0 Å². The number of nitrogens with one attached hydrogen (secondary N) is 1. The van der Waals surface area contributed by atoms with E-state index in [9.17, 15) is 0 Å². The van der Waals surface area contributed by atoms with Gasteiger partial charge in [-0.1, -0.05) is 12.1 Å². The molecule has 0 aromatic heterocycles. The Bertz CT molecular complexity index is 719. The second-order valence-corrected chi connectivity index (χ2v) is 6.68. The van der Waals surface area contributed by atoms with Gasteiger partial charge in [-0.15, -0.1) is 0 Å². The van der Waals surface area contributed by atoms with E-state index in [1.165, 1.54) is 37.3 Å². The van der Waals surface area contributed by atoms with Crippen molar-refractivity contribution in [3.8, 4) is 0 Å². The standard InChI is InChI=1S/C21H29N5/c1-22-20-8-4-5-9-21(20)24(2)17-14-23-25(3)18-10-12-19(13-11-18)26-15-6-7-16-26/h4-5,8-14,22H,6-7,15-17H2,1-3H3/b23-14+. The van der Waals surface area contributed by atoms with Gasteiger partial charge in [-0.2, -0.15) is 5.10 Å². The van der Waals surface area contributed by atoms with Gasteiger partial charge < -0.3 is 15.1 Å². The van der Waals surface area contributed by atoms with Crippen molar-refractivity contribution in [3.63, 3.8) is 0 Å². The first-order valence-corrected chi connectivity index (χ1v) is 9.28. The van der Waals surface area contributed by atoms with Crippen molar-refractivity contribution >= 4 is 29.0 Å². The van der Waals surface area contributed by atoms with Gasteiger partial charge in [0, 0.05) is 46.1 Å². The highest BCUT2D eigenvalue weighted by atomic mass is 15.4. The van der Waals surface area contributed by atoms with Crippen molar-refractivity contribution in [2.75, 3.05) is 60.9 Å². The Kier molecular flexibility index (Phi) is 6.00. The molecule has 1 aliphatic heterocycles. The van der Waals surface area contributed by atoms with Crippen LogP contribution in [0.15, 0.2) is 53.6 Å². The smallest absolute Gasteiger partial charge is 0.0602 e. The summed E-state index contributed by atoms with van der Waals surface area (Å²) in [6, 6.07) is 17.0. The van der Waals surface area contributed by atoms with Crippen LogP contribution in [0.25, 0.3) is 0 Å². The second-order valence-electron chi connectivity index (χ2n) is 6.68. The Morgan fingerprint density at radius 3 is 2.42 bits per heavy atom. The molecule has 138 valence electrons. The van der Waals surface area contributed by atoms with E-state index in [1.807, 2.05) is 31.4 Å².